The molecular weight excluding hydrogens is 250 g/mol. The van der Waals surface area contributed by atoms with Gasteiger partial charge in [-0.3, -0.25) is 9.48 Å². The summed E-state index contributed by atoms with van der Waals surface area (Å²) in [7, 11) is 0. The lowest BCUT2D eigenvalue weighted by Crippen LogP contribution is -2.25. The number of benzene rings is 1. The average molecular weight is 273 g/mol. The molecule has 4 heteroatoms. The van der Waals surface area contributed by atoms with Gasteiger partial charge in [0, 0.05) is 6.54 Å². The van der Waals surface area contributed by atoms with Gasteiger partial charge in [0.25, 0.3) is 5.56 Å². The molecule has 0 spiro atoms. The van der Waals surface area contributed by atoms with Crippen molar-refractivity contribution in [2.24, 2.45) is 0 Å². The minimum absolute atomic E-state index is 0.0724. The SMILES string of the molecule is CCCn1c(CC)c(N)c(=O)n1Cc1cccc(C)c1. The average Bonchev–Trinajstić information content (AvgIpc) is 2.64. The molecule has 2 rings (SSSR count). The maximum Gasteiger partial charge on any atom is 0.290 e. The lowest BCUT2D eigenvalue weighted by atomic mass is 10.1. The highest BCUT2D eigenvalue weighted by Gasteiger charge is 2.15. The zero-order valence-corrected chi connectivity index (χ0v) is 12.5. The third-order valence-electron chi connectivity index (χ3n) is 3.56. The van der Waals surface area contributed by atoms with E-state index < -0.39 is 0 Å². The molecule has 2 aromatic rings. The van der Waals surface area contributed by atoms with Crippen LogP contribution in [0.2, 0.25) is 0 Å². The highest BCUT2D eigenvalue weighted by Crippen LogP contribution is 2.13. The van der Waals surface area contributed by atoms with Crippen LogP contribution < -0.4 is 11.3 Å². The summed E-state index contributed by atoms with van der Waals surface area (Å²) in [5, 5.41) is 0. The van der Waals surface area contributed by atoms with Crippen LogP contribution in [0.5, 0.6) is 0 Å². The Morgan fingerprint density at radius 1 is 1.20 bits per heavy atom. The molecular formula is C16H23N3O. The van der Waals surface area contributed by atoms with Gasteiger partial charge in [0.15, 0.2) is 0 Å². The van der Waals surface area contributed by atoms with E-state index >= 15 is 0 Å². The van der Waals surface area contributed by atoms with Crippen LogP contribution >= 0.6 is 0 Å². The van der Waals surface area contributed by atoms with Gasteiger partial charge in [-0.05, 0) is 25.3 Å². The van der Waals surface area contributed by atoms with Crippen molar-refractivity contribution in [1.82, 2.24) is 9.36 Å². The van der Waals surface area contributed by atoms with Crippen molar-refractivity contribution in [1.29, 1.82) is 0 Å². The van der Waals surface area contributed by atoms with E-state index in [1.54, 1.807) is 4.68 Å². The van der Waals surface area contributed by atoms with Crippen molar-refractivity contribution < 1.29 is 0 Å². The minimum Gasteiger partial charge on any atom is -0.393 e. The summed E-state index contributed by atoms with van der Waals surface area (Å²) in [4.78, 5) is 12.4. The van der Waals surface area contributed by atoms with E-state index in [9.17, 15) is 4.79 Å². The molecule has 0 aliphatic carbocycles. The van der Waals surface area contributed by atoms with E-state index in [0.717, 1.165) is 30.6 Å². The Morgan fingerprint density at radius 2 is 1.95 bits per heavy atom. The lowest BCUT2D eigenvalue weighted by Gasteiger charge is -2.14. The largest absolute Gasteiger partial charge is 0.393 e. The summed E-state index contributed by atoms with van der Waals surface area (Å²) in [6.45, 7) is 7.60. The highest BCUT2D eigenvalue weighted by molar-refractivity contribution is 5.42. The second-order valence-corrected chi connectivity index (χ2v) is 5.19. The van der Waals surface area contributed by atoms with Crippen molar-refractivity contribution in [3.05, 3.63) is 51.4 Å². The van der Waals surface area contributed by atoms with Gasteiger partial charge in [0.1, 0.15) is 5.69 Å². The number of nitrogens with zero attached hydrogens (tertiary/aromatic N) is 2. The Kier molecular flexibility index (Phi) is 4.32. The normalized spacial score (nSPS) is 10.9. The number of hydrogen-bond donors (Lipinski definition) is 1. The molecule has 1 aromatic heterocycles. The maximum absolute atomic E-state index is 12.4. The molecule has 1 aromatic carbocycles. The van der Waals surface area contributed by atoms with Crippen LogP contribution in [-0.4, -0.2) is 9.36 Å². The van der Waals surface area contributed by atoms with E-state index in [1.165, 1.54) is 5.56 Å². The van der Waals surface area contributed by atoms with E-state index in [1.807, 2.05) is 23.7 Å². The quantitative estimate of drug-likeness (QED) is 0.910. The van der Waals surface area contributed by atoms with Gasteiger partial charge in [-0.15, -0.1) is 0 Å². The van der Waals surface area contributed by atoms with Crippen LogP contribution in [0.1, 0.15) is 37.1 Å². The first-order valence-electron chi connectivity index (χ1n) is 7.22. The molecule has 0 saturated carbocycles. The van der Waals surface area contributed by atoms with Gasteiger partial charge in [-0.25, -0.2) is 4.68 Å². The number of nitrogens with two attached hydrogens (primary N) is 1. The van der Waals surface area contributed by atoms with E-state index in [4.69, 9.17) is 5.73 Å². The van der Waals surface area contributed by atoms with Gasteiger partial charge < -0.3 is 5.73 Å². The van der Waals surface area contributed by atoms with Crippen molar-refractivity contribution >= 4 is 5.69 Å². The Hall–Kier alpha value is -1.97. The maximum atomic E-state index is 12.4. The Balaban J connectivity index is 2.47. The van der Waals surface area contributed by atoms with Crippen molar-refractivity contribution in [3.63, 3.8) is 0 Å². The summed E-state index contributed by atoms with van der Waals surface area (Å²) in [6.07, 6.45) is 1.76. The zero-order valence-electron chi connectivity index (χ0n) is 12.5. The van der Waals surface area contributed by atoms with Crippen molar-refractivity contribution in [2.45, 2.75) is 46.7 Å². The number of anilines is 1. The number of rotatable bonds is 5. The van der Waals surface area contributed by atoms with Gasteiger partial charge in [-0.2, -0.15) is 0 Å². The molecule has 0 amide bonds. The Bertz CT molecular complexity index is 652. The monoisotopic (exact) mass is 273 g/mol. The highest BCUT2D eigenvalue weighted by atomic mass is 16.1. The third kappa shape index (κ3) is 2.64. The van der Waals surface area contributed by atoms with Crippen LogP contribution in [0.15, 0.2) is 29.1 Å². The topological polar surface area (TPSA) is 52.9 Å². The number of aryl methyl sites for hydroxylation is 1. The first kappa shape index (κ1) is 14.4. The molecule has 0 fully saturated rings. The summed E-state index contributed by atoms with van der Waals surface area (Å²) in [5.41, 5.74) is 9.58. The molecule has 0 aliphatic heterocycles. The molecule has 0 saturated heterocycles. The molecule has 4 nitrogen and oxygen atoms in total. The molecule has 108 valence electrons. The van der Waals surface area contributed by atoms with E-state index in [0.29, 0.717) is 12.2 Å². The van der Waals surface area contributed by atoms with Crippen LogP contribution in [0.3, 0.4) is 0 Å². The fourth-order valence-corrected chi connectivity index (χ4v) is 2.64. The molecule has 0 unspecified atom stereocenters. The van der Waals surface area contributed by atoms with Crippen LogP contribution in [-0.2, 0) is 19.5 Å². The zero-order chi connectivity index (χ0) is 14.7. The van der Waals surface area contributed by atoms with Gasteiger partial charge in [0.05, 0.1) is 12.2 Å². The first-order chi connectivity index (χ1) is 9.58. The summed E-state index contributed by atoms with van der Waals surface area (Å²) >= 11 is 0. The van der Waals surface area contributed by atoms with E-state index in [2.05, 4.69) is 26.0 Å². The Morgan fingerprint density at radius 3 is 2.55 bits per heavy atom. The second-order valence-electron chi connectivity index (χ2n) is 5.19. The number of hydrogen-bond acceptors (Lipinski definition) is 2. The van der Waals surface area contributed by atoms with Gasteiger partial charge >= 0.3 is 0 Å². The standard InChI is InChI=1S/C16H23N3O/c1-4-9-18-14(5-2)15(17)16(20)19(18)11-13-8-6-7-12(3)10-13/h6-8,10H,4-5,9,11,17H2,1-3H3. The predicted octanol–water partition coefficient (Wildman–Crippen LogP) is 2.56. The molecule has 0 radical (unpaired) electrons. The van der Waals surface area contributed by atoms with Crippen LogP contribution in [0.25, 0.3) is 0 Å². The Labute approximate surface area is 119 Å². The molecule has 0 aliphatic rings. The van der Waals surface area contributed by atoms with Gasteiger partial charge in [-0.1, -0.05) is 43.7 Å². The summed E-state index contributed by atoms with van der Waals surface area (Å²) in [5.74, 6) is 0. The molecule has 1 heterocycles. The first-order valence-corrected chi connectivity index (χ1v) is 7.22. The predicted molar refractivity (Wildman–Crippen MR) is 83.1 cm³/mol. The number of aromatic nitrogens is 2. The lowest BCUT2D eigenvalue weighted by molar-refractivity contribution is 0.451. The van der Waals surface area contributed by atoms with Crippen molar-refractivity contribution in [3.8, 4) is 0 Å². The molecule has 0 bridgehead atoms. The fraction of sp³-hybridized carbons (Fsp3) is 0.438. The smallest absolute Gasteiger partial charge is 0.290 e. The van der Waals surface area contributed by atoms with E-state index in [-0.39, 0.29) is 5.56 Å². The van der Waals surface area contributed by atoms with Crippen LogP contribution in [0.4, 0.5) is 5.69 Å². The molecule has 0 atom stereocenters. The van der Waals surface area contributed by atoms with Crippen LogP contribution in [0, 0.1) is 6.92 Å². The van der Waals surface area contributed by atoms with Gasteiger partial charge in [0.2, 0.25) is 0 Å². The molecule has 2 N–H and O–H groups in total. The summed E-state index contributed by atoms with van der Waals surface area (Å²) < 4.78 is 3.81. The fourth-order valence-electron chi connectivity index (χ4n) is 2.64. The minimum atomic E-state index is -0.0724. The second kappa shape index (κ2) is 5.99. The third-order valence-corrected chi connectivity index (χ3v) is 3.56. The molecule has 20 heavy (non-hydrogen) atoms. The van der Waals surface area contributed by atoms with Crippen molar-refractivity contribution in [2.75, 3.05) is 5.73 Å². The summed E-state index contributed by atoms with van der Waals surface area (Å²) in [6, 6.07) is 8.23. The number of nitrogen functional groups attached to an aromatic ring is 1.